The summed E-state index contributed by atoms with van der Waals surface area (Å²) in [7, 11) is 0. The smallest absolute Gasteiger partial charge is 0.320 e. The molecule has 3 rings (SSSR count). The molecule has 5 nitrogen and oxygen atoms in total. The first-order valence-electron chi connectivity index (χ1n) is 9.55. The van der Waals surface area contributed by atoms with Crippen molar-refractivity contribution in [2.45, 2.75) is 46.2 Å². The molecule has 29 heavy (non-hydrogen) atoms. The van der Waals surface area contributed by atoms with Crippen LogP contribution in [-0.2, 0) is 4.79 Å². The Morgan fingerprint density at radius 3 is 2.59 bits per heavy atom. The van der Waals surface area contributed by atoms with Crippen LogP contribution in [0, 0.1) is 6.92 Å². The number of hydrogen-bond acceptors (Lipinski definition) is 3. The van der Waals surface area contributed by atoms with Crippen LogP contribution in [0.25, 0.3) is 11.0 Å². The molecular formula is C22H25F2N3O2. The van der Waals surface area contributed by atoms with Crippen molar-refractivity contribution in [3.63, 3.8) is 0 Å². The van der Waals surface area contributed by atoms with Crippen LogP contribution in [0.3, 0.4) is 0 Å². The van der Waals surface area contributed by atoms with Gasteiger partial charge in [-0.1, -0.05) is 38.1 Å². The number of alkyl halides is 2. The van der Waals surface area contributed by atoms with E-state index in [4.69, 9.17) is 4.74 Å². The second-order valence-corrected chi connectivity index (χ2v) is 7.36. The number of aryl methyl sites for hydroxylation is 1. The second kappa shape index (κ2) is 8.59. The van der Waals surface area contributed by atoms with Crippen LogP contribution < -0.4 is 10.1 Å². The molecule has 0 bridgehead atoms. The fraction of sp³-hybridized carbons (Fsp3) is 0.364. The summed E-state index contributed by atoms with van der Waals surface area (Å²) in [6.45, 7) is 4.74. The minimum absolute atomic E-state index is 0.104. The van der Waals surface area contributed by atoms with Gasteiger partial charge in [-0.2, -0.15) is 8.78 Å². The van der Waals surface area contributed by atoms with Gasteiger partial charge in [0, 0.05) is 0 Å². The van der Waals surface area contributed by atoms with E-state index in [1.54, 1.807) is 31.2 Å². The Balaban J connectivity index is 1.71. The number of nitrogens with zero attached hydrogens (tertiary/aromatic N) is 2. The predicted molar refractivity (Wildman–Crippen MR) is 108 cm³/mol. The maximum absolute atomic E-state index is 13.6. The molecule has 0 aliphatic heterocycles. The van der Waals surface area contributed by atoms with Crippen molar-refractivity contribution in [2.75, 3.05) is 6.61 Å². The van der Waals surface area contributed by atoms with E-state index < -0.39 is 18.5 Å². The number of nitrogens with one attached hydrogen (secondary N) is 1. The predicted octanol–water partition coefficient (Wildman–Crippen LogP) is 5.12. The number of benzene rings is 2. The normalized spacial score (nSPS) is 12.6. The number of imidazole rings is 1. The van der Waals surface area contributed by atoms with E-state index in [0.717, 1.165) is 15.7 Å². The fourth-order valence-electron chi connectivity index (χ4n) is 3.20. The molecule has 154 valence electrons. The fourth-order valence-corrected chi connectivity index (χ4v) is 3.20. The SMILES string of the molecule is Cc1ccc(C(C)C)cc1OCC(=O)NC(C)c1nc2ccccc2n1C(F)F. The number of fused-ring (bicyclic) bond motifs is 1. The molecule has 3 aromatic rings. The first kappa shape index (κ1) is 20.8. The highest BCUT2D eigenvalue weighted by atomic mass is 19.3. The van der Waals surface area contributed by atoms with Gasteiger partial charge >= 0.3 is 6.55 Å². The number of amides is 1. The Morgan fingerprint density at radius 2 is 1.90 bits per heavy atom. The van der Waals surface area contributed by atoms with Crippen LogP contribution >= 0.6 is 0 Å². The van der Waals surface area contributed by atoms with Gasteiger partial charge in [0.25, 0.3) is 5.91 Å². The molecule has 0 aliphatic rings. The highest BCUT2D eigenvalue weighted by Crippen LogP contribution is 2.27. The summed E-state index contributed by atoms with van der Waals surface area (Å²) >= 11 is 0. The lowest BCUT2D eigenvalue weighted by Gasteiger charge is -2.17. The summed E-state index contributed by atoms with van der Waals surface area (Å²) in [5.41, 5.74) is 2.83. The van der Waals surface area contributed by atoms with Crippen LogP contribution in [0.4, 0.5) is 8.78 Å². The number of halogens is 2. The average Bonchev–Trinajstić information content (AvgIpc) is 3.07. The van der Waals surface area contributed by atoms with Gasteiger partial charge in [0.15, 0.2) is 6.61 Å². The highest BCUT2D eigenvalue weighted by Gasteiger charge is 2.23. The Bertz CT molecular complexity index is 1010. The van der Waals surface area contributed by atoms with Crippen LogP contribution in [0.15, 0.2) is 42.5 Å². The Kier molecular flexibility index (Phi) is 6.15. The topological polar surface area (TPSA) is 56.1 Å². The van der Waals surface area contributed by atoms with Gasteiger partial charge in [-0.15, -0.1) is 0 Å². The zero-order valence-corrected chi connectivity index (χ0v) is 16.9. The van der Waals surface area contributed by atoms with E-state index in [-0.39, 0.29) is 12.4 Å². The Morgan fingerprint density at radius 1 is 1.17 bits per heavy atom. The zero-order valence-electron chi connectivity index (χ0n) is 16.9. The van der Waals surface area contributed by atoms with Crippen LogP contribution in [0.5, 0.6) is 5.75 Å². The number of carbonyl (C=O) groups excluding carboxylic acids is 1. The molecule has 0 saturated carbocycles. The average molecular weight is 401 g/mol. The first-order chi connectivity index (χ1) is 13.8. The van der Waals surface area contributed by atoms with E-state index in [1.807, 2.05) is 25.1 Å². The molecule has 7 heteroatoms. The lowest BCUT2D eigenvalue weighted by atomic mass is 10.0. The summed E-state index contributed by atoms with van der Waals surface area (Å²) in [6, 6.07) is 11.9. The third-order valence-electron chi connectivity index (χ3n) is 4.82. The van der Waals surface area contributed by atoms with Gasteiger partial charge in [0.2, 0.25) is 0 Å². The molecule has 0 fully saturated rings. The maximum atomic E-state index is 13.6. The molecule has 1 aromatic heterocycles. The molecule has 1 atom stereocenters. The van der Waals surface area contributed by atoms with E-state index >= 15 is 0 Å². The van der Waals surface area contributed by atoms with Gasteiger partial charge < -0.3 is 10.1 Å². The number of ether oxygens (including phenoxy) is 1. The summed E-state index contributed by atoms with van der Waals surface area (Å²) < 4.78 is 33.7. The Labute approximate surface area is 168 Å². The molecule has 0 radical (unpaired) electrons. The van der Waals surface area contributed by atoms with Gasteiger partial charge in [0.1, 0.15) is 11.6 Å². The van der Waals surface area contributed by atoms with Crippen molar-refractivity contribution in [1.82, 2.24) is 14.9 Å². The number of rotatable bonds is 7. The van der Waals surface area contributed by atoms with Crippen molar-refractivity contribution in [2.24, 2.45) is 0 Å². The maximum Gasteiger partial charge on any atom is 0.320 e. The highest BCUT2D eigenvalue weighted by molar-refractivity contribution is 5.79. The summed E-state index contributed by atoms with van der Waals surface area (Å²) in [4.78, 5) is 16.6. The van der Waals surface area contributed by atoms with Gasteiger partial charge in [0.05, 0.1) is 17.1 Å². The molecule has 2 aromatic carbocycles. The van der Waals surface area contributed by atoms with Crippen molar-refractivity contribution < 1.29 is 18.3 Å². The lowest BCUT2D eigenvalue weighted by molar-refractivity contribution is -0.123. The molecule has 1 N–H and O–H groups in total. The van der Waals surface area contributed by atoms with Gasteiger partial charge in [-0.05, 0) is 49.1 Å². The number of hydrogen-bond donors (Lipinski definition) is 1. The molecule has 1 heterocycles. The standard InChI is InChI=1S/C22H25F2N3O2/c1-13(2)16-10-9-14(3)19(11-16)29-12-20(28)25-15(4)21-26-17-7-5-6-8-18(17)27(21)22(23)24/h5-11,13,15,22H,12H2,1-4H3,(H,25,28). The number of aromatic nitrogens is 2. The van der Waals surface area contributed by atoms with Crippen LogP contribution in [0.1, 0.15) is 56.2 Å². The second-order valence-electron chi connectivity index (χ2n) is 7.36. The van der Waals surface area contributed by atoms with Crippen LogP contribution in [0.2, 0.25) is 0 Å². The van der Waals surface area contributed by atoms with Crippen molar-refractivity contribution in [3.05, 3.63) is 59.4 Å². The van der Waals surface area contributed by atoms with E-state index in [9.17, 15) is 13.6 Å². The molecule has 0 saturated heterocycles. The van der Waals surface area contributed by atoms with Crippen molar-refractivity contribution >= 4 is 16.9 Å². The largest absolute Gasteiger partial charge is 0.483 e. The monoisotopic (exact) mass is 401 g/mol. The molecule has 0 aliphatic carbocycles. The zero-order chi connectivity index (χ0) is 21.1. The molecule has 1 unspecified atom stereocenters. The van der Waals surface area contributed by atoms with E-state index in [2.05, 4.69) is 24.1 Å². The number of para-hydroxylation sites is 2. The number of carbonyl (C=O) groups is 1. The molecular weight excluding hydrogens is 376 g/mol. The minimum atomic E-state index is -2.76. The molecule has 1 amide bonds. The summed E-state index contributed by atoms with van der Waals surface area (Å²) in [5.74, 6) is 0.681. The van der Waals surface area contributed by atoms with E-state index in [1.165, 1.54) is 0 Å². The Hall–Kier alpha value is -2.96. The summed E-state index contributed by atoms with van der Waals surface area (Å²) in [5, 5.41) is 2.70. The van der Waals surface area contributed by atoms with E-state index in [0.29, 0.717) is 22.7 Å². The van der Waals surface area contributed by atoms with Crippen LogP contribution in [-0.4, -0.2) is 22.1 Å². The summed E-state index contributed by atoms with van der Waals surface area (Å²) in [6.07, 6.45) is 0. The van der Waals surface area contributed by atoms with Crippen molar-refractivity contribution in [3.8, 4) is 5.75 Å². The third kappa shape index (κ3) is 4.55. The minimum Gasteiger partial charge on any atom is -0.483 e. The van der Waals surface area contributed by atoms with Gasteiger partial charge in [-0.25, -0.2) is 4.98 Å². The third-order valence-corrected chi connectivity index (χ3v) is 4.82. The van der Waals surface area contributed by atoms with Crippen molar-refractivity contribution in [1.29, 1.82) is 0 Å². The van der Waals surface area contributed by atoms with Gasteiger partial charge in [-0.3, -0.25) is 9.36 Å². The lowest BCUT2D eigenvalue weighted by Crippen LogP contribution is -2.32. The molecule has 0 spiro atoms. The quantitative estimate of drug-likeness (QED) is 0.598. The first-order valence-corrected chi connectivity index (χ1v) is 9.55.